The molecule has 0 unspecified atom stereocenters. The van der Waals surface area contributed by atoms with E-state index in [0.717, 1.165) is 36.8 Å². The average Bonchev–Trinajstić information content (AvgIpc) is 3.13. The van der Waals surface area contributed by atoms with Crippen LogP contribution in [0.25, 0.3) is 21.1 Å². The molecule has 1 heterocycles. The third kappa shape index (κ3) is 3.67. The van der Waals surface area contributed by atoms with Crippen molar-refractivity contribution in [2.24, 2.45) is 0 Å². The molecule has 3 nitrogen and oxygen atoms in total. The first-order valence-electron chi connectivity index (χ1n) is 8.86. The van der Waals surface area contributed by atoms with Gasteiger partial charge in [-0.05, 0) is 41.1 Å². The molecular weight excluding hydrogens is 420 g/mol. The molecule has 0 saturated carbocycles. The summed E-state index contributed by atoms with van der Waals surface area (Å²) >= 11 is 3.93. The van der Waals surface area contributed by atoms with Gasteiger partial charge in [-0.15, -0.1) is 0 Å². The minimum absolute atomic E-state index is 0.145. The molecule has 1 aromatic heterocycles. The van der Waals surface area contributed by atoms with Crippen LogP contribution in [0.5, 0.6) is 5.75 Å². The van der Waals surface area contributed by atoms with Gasteiger partial charge in [-0.2, -0.15) is 0 Å². The van der Waals surface area contributed by atoms with Gasteiger partial charge >= 0.3 is 4.94 Å². The lowest BCUT2D eigenvalue weighted by molar-refractivity contribution is 0.461. The fraction of sp³-hybridized carbons (Fsp3) is 0. The van der Waals surface area contributed by atoms with E-state index in [9.17, 15) is 9.90 Å². The Morgan fingerprint density at radius 3 is 2.38 bits per heavy atom. The predicted molar refractivity (Wildman–Crippen MR) is 121 cm³/mol. The van der Waals surface area contributed by atoms with Crippen LogP contribution in [0.15, 0.2) is 108 Å². The summed E-state index contributed by atoms with van der Waals surface area (Å²) in [5, 5.41) is 13.1. The second-order valence-corrected chi connectivity index (χ2v) is 9.51. The Kier molecular flexibility index (Phi) is 4.83. The van der Waals surface area contributed by atoms with Crippen molar-refractivity contribution < 1.29 is 9.52 Å². The fourth-order valence-electron chi connectivity index (χ4n) is 3.10. The summed E-state index contributed by atoms with van der Waals surface area (Å²) in [6.07, 6.45) is 0. The SMILES string of the molecule is O=c1oc2c(Sc3ccccc3)cc(O)c(Sc3ccc4ccccc4c3)c2s1. The number of fused-ring (bicyclic) bond motifs is 2. The number of aromatic hydroxyl groups is 1. The van der Waals surface area contributed by atoms with E-state index in [1.54, 1.807) is 6.07 Å². The van der Waals surface area contributed by atoms with Gasteiger partial charge in [-0.25, -0.2) is 4.79 Å². The molecule has 0 atom stereocenters. The van der Waals surface area contributed by atoms with Crippen molar-refractivity contribution in [3.8, 4) is 5.75 Å². The van der Waals surface area contributed by atoms with Gasteiger partial charge in [0.25, 0.3) is 0 Å². The highest BCUT2D eigenvalue weighted by Gasteiger charge is 2.19. The van der Waals surface area contributed by atoms with Crippen molar-refractivity contribution in [1.82, 2.24) is 0 Å². The molecule has 0 saturated heterocycles. The smallest absolute Gasteiger partial charge is 0.396 e. The van der Waals surface area contributed by atoms with E-state index in [-0.39, 0.29) is 10.7 Å². The molecule has 0 aliphatic heterocycles. The molecule has 0 bridgehead atoms. The van der Waals surface area contributed by atoms with Crippen molar-refractivity contribution >= 4 is 55.9 Å². The zero-order valence-corrected chi connectivity index (χ0v) is 17.4. The standard InChI is InChI=1S/C23H14O3S3/c24-18-13-19(27-16-8-2-1-3-9-16)20-22(29-23(25)26-20)21(18)28-17-11-10-14-6-4-5-7-15(14)12-17/h1-13,24H. The summed E-state index contributed by atoms with van der Waals surface area (Å²) in [7, 11) is 0. The molecule has 0 radical (unpaired) electrons. The summed E-state index contributed by atoms with van der Waals surface area (Å²) in [4.78, 5) is 15.0. The van der Waals surface area contributed by atoms with Gasteiger partial charge in [0.2, 0.25) is 0 Å². The summed E-state index contributed by atoms with van der Waals surface area (Å²) in [5.74, 6) is 0.145. The van der Waals surface area contributed by atoms with E-state index < -0.39 is 0 Å². The molecule has 0 aliphatic carbocycles. The largest absolute Gasteiger partial charge is 0.507 e. The predicted octanol–water partition coefficient (Wildman–Crippen LogP) is 7.02. The second-order valence-electron chi connectivity index (χ2n) is 6.36. The Bertz CT molecular complexity index is 1390. The lowest BCUT2D eigenvalue weighted by Gasteiger charge is -2.09. The van der Waals surface area contributed by atoms with Crippen LogP contribution in [0.3, 0.4) is 0 Å². The highest BCUT2D eigenvalue weighted by molar-refractivity contribution is 8.00. The third-order valence-electron chi connectivity index (χ3n) is 4.42. The van der Waals surface area contributed by atoms with Gasteiger partial charge in [-0.1, -0.05) is 83.4 Å². The monoisotopic (exact) mass is 434 g/mol. The molecule has 0 fully saturated rings. The topological polar surface area (TPSA) is 50.4 Å². The minimum atomic E-state index is -0.374. The summed E-state index contributed by atoms with van der Waals surface area (Å²) in [5.41, 5.74) is 0.523. The minimum Gasteiger partial charge on any atom is -0.507 e. The lowest BCUT2D eigenvalue weighted by atomic mass is 10.1. The van der Waals surface area contributed by atoms with Crippen LogP contribution in [-0.4, -0.2) is 5.11 Å². The highest BCUT2D eigenvalue weighted by Crippen LogP contribution is 2.46. The first kappa shape index (κ1) is 18.4. The van der Waals surface area contributed by atoms with Crippen LogP contribution < -0.4 is 4.94 Å². The van der Waals surface area contributed by atoms with Crippen LogP contribution in [0.2, 0.25) is 0 Å². The molecule has 142 valence electrons. The Morgan fingerprint density at radius 2 is 1.55 bits per heavy atom. The van der Waals surface area contributed by atoms with E-state index >= 15 is 0 Å². The number of hydrogen-bond donors (Lipinski definition) is 1. The van der Waals surface area contributed by atoms with Crippen molar-refractivity contribution in [3.05, 3.63) is 88.6 Å². The van der Waals surface area contributed by atoms with Crippen LogP contribution in [0.4, 0.5) is 0 Å². The molecule has 0 amide bonds. The maximum Gasteiger partial charge on any atom is 0.396 e. The molecule has 6 heteroatoms. The zero-order chi connectivity index (χ0) is 19.8. The summed E-state index contributed by atoms with van der Waals surface area (Å²) in [6.45, 7) is 0. The van der Waals surface area contributed by atoms with E-state index in [1.807, 2.05) is 48.5 Å². The van der Waals surface area contributed by atoms with Gasteiger partial charge in [0.15, 0.2) is 5.58 Å². The molecular formula is C23H14O3S3. The van der Waals surface area contributed by atoms with Crippen molar-refractivity contribution in [2.75, 3.05) is 0 Å². The lowest BCUT2D eigenvalue weighted by Crippen LogP contribution is -1.82. The van der Waals surface area contributed by atoms with Crippen molar-refractivity contribution in [3.63, 3.8) is 0 Å². The Balaban J connectivity index is 1.59. The Morgan fingerprint density at radius 1 is 0.793 bits per heavy atom. The van der Waals surface area contributed by atoms with E-state index in [0.29, 0.717) is 15.2 Å². The maximum atomic E-state index is 12.0. The van der Waals surface area contributed by atoms with Crippen LogP contribution in [0, 0.1) is 0 Å². The van der Waals surface area contributed by atoms with Crippen LogP contribution in [-0.2, 0) is 0 Å². The molecule has 4 aromatic carbocycles. The highest BCUT2D eigenvalue weighted by atomic mass is 32.2. The third-order valence-corrected chi connectivity index (χ3v) is 7.53. The molecule has 1 N–H and O–H groups in total. The quantitative estimate of drug-likeness (QED) is 0.329. The number of phenolic OH excluding ortho intramolecular Hbond substituents is 1. The molecule has 0 spiro atoms. The van der Waals surface area contributed by atoms with Gasteiger partial charge in [0, 0.05) is 9.79 Å². The average molecular weight is 435 g/mol. The normalized spacial score (nSPS) is 11.3. The molecule has 0 aliphatic rings. The van der Waals surface area contributed by atoms with Gasteiger partial charge in [0.05, 0.1) is 14.5 Å². The van der Waals surface area contributed by atoms with Gasteiger partial charge in [-0.3, -0.25) is 0 Å². The molecule has 5 aromatic rings. The van der Waals surface area contributed by atoms with Crippen LogP contribution in [0.1, 0.15) is 0 Å². The van der Waals surface area contributed by atoms with E-state index in [1.165, 1.54) is 23.5 Å². The Hall–Kier alpha value is -2.67. The first-order valence-corrected chi connectivity index (χ1v) is 11.3. The van der Waals surface area contributed by atoms with E-state index in [4.69, 9.17) is 4.42 Å². The number of rotatable bonds is 4. The van der Waals surface area contributed by atoms with Crippen LogP contribution >= 0.6 is 34.9 Å². The number of benzene rings is 4. The maximum absolute atomic E-state index is 12.0. The summed E-state index contributed by atoms with van der Waals surface area (Å²) < 4.78 is 6.17. The van der Waals surface area contributed by atoms with E-state index in [2.05, 4.69) is 24.3 Å². The summed E-state index contributed by atoms with van der Waals surface area (Å²) in [6, 6.07) is 25.8. The van der Waals surface area contributed by atoms with Crippen molar-refractivity contribution in [2.45, 2.75) is 19.6 Å². The molecule has 5 rings (SSSR count). The zero-order valence-electron chi connectivity index (χ0n) is 15.0. The molecule has 29 heavy (non-hydrogen) atoms. The first-order chi connectivity index (χ1) is 14.2. The Labute approximate surface area is 179 Å². The van der Waals surface area contributed by atoms with Crippen molar-refractivity contribution in [1.29, 1.82) is 0 Å². The number of hydrogen-bond acceptors (Lipinski definition) is 6. The number of phenols is 1. The van der Waals surface area contributed by atoms with Gasteiger partial charge in [0.1, 0.15) is 5.75 Å². The van der Waals surface area contributed by atoms with Gasteiger partial charge < -0.3 is 9.52 Å². The fourth-order valence-corrected chi connectivity index (χ4v) is 6.01. The second kappa shape index (κ2) is 7.63.